The van der Waals surface area contributed by atoms with Crippen LogP contribution in [0.3, 0.4) is 0 Å². The van der Waals surface area contributed by atoms with Crippen molar-refractivity contribution in [2.24, 2.45) is 0 Å². The molecular formula is C28H29N5O4. The van der Waals surface area contributed by atoms with Crippen LogP contribution in [0.15, 0.2) is 63.3 Å². The van der Waals surface area contributed by atoms with Crippen LogP contribution in [0.25, 0.3) is 22.9 Å². The number of likely N-dealkylation sites (N-methyl/N-ethyl adjacent to an activating group) is 1. The van der Waals surface area contributed by atoms with E-state index in [0.29, 0.717) is 29.9 Å². The smallest absolute Gasteiger partial charge is 0.419 e. The summed E-state index contributed by atoms with van der Waals surface area (Å²) in [6.07, 6.45) is 1.58. The average Bonchev–Trinajstić information content (AvgIpc) is 3.34. The van der Waals surface area contributed by atoms with E-state index in [2.05, 4.69) is 9.88 Å². The molecule has 4 aromatic rings. The molecule has 2 aromatic carbocycles. The lowest BCUT2D eigenvalue weighted by Crippen LogP contribution is -2.23. The van der Waals surface area contributed by atoms with Gasteiger partial charge in [-0.05, 0) is 88.1 Å². The van der Waals surface area contributed by atoms with Crippen molar-refractivity contribution in [1.29, 1.82) is 5.26 Å². The molecule has 0 bridgehead atoms. The Kier molecular flexibility index (Phi) is 7.32. The summed E-state index contributed by atoms with van der Waals surface area (Å²) >= 11 is 0. The number of methoxy groups -OCH3 is 1. The number of carbonyl (C=O) groups is 1. The second-order valence-electron chi connectivity index (χ2n) is 8.99. The van der Waals surface area contributed by atoms with E-state index in [9.17, 15) is 14.9 Å². The quantitative estimate of drug-likeness (QED) is 0.289. The van der Waals surface area contributed by atoms with E-state index in [0.717, 1.165) is 28.4 Å². The number of aromatic nitrogens is 2. The Hall–Kier alpha value is -4.55. The SMILES string of the molecule is COc1ccc(-n2c(C)cc(/C=C(/C#N)C(=O)Nc3ccc4oc(=O)n(CCN(C)C)c4c3)c2C)cc1. The van der Waals surface area contributed by atoms with Crippen LogP contribution in [-0.4, -0.2) is 47.7 Å². The van der Waals surface area contributed by atoms with E-state index in [1.165, 1.54) is 4.57 Å². The molecule has 0 fully saturated rings. The Morgan fingerprint density at radius 1 is 1.16 bits per heavy atom. The topological polar surface area (TPSA) is 105 Å². The lowest BCUT2D eigenvalue weighted by molar-refractivity contribution is -0.112. The van der Waals surface area contributed by atoms with E-state index in [-0.39, 0.29) is 5.57 Å². The number of nitriles is 1. The number of amides is 1. The summed E-state index contributed by atoms with van der Waals surface area (Å²) in [4.78, 5) is 27.2. The lowest BCUT2D eigenvalue weighted by Gasteiger charge is -2.10. The van der Waals surface area contributed by atoms with Gasteiger partial charge in [0.2, 0.25) is 0 Å². The molecule has 9 nitrogen and oxygen atoms in total. The van der Waals surface area contributed by atoms with Crippen molar-refractivity contribution in [1.82, 2.24) is 14.0 Å². The Bertz CT molecular complexity index is 1580. The standard InChI is InChI=1S/C28H29N5O4/c1-18-14-20(19(2)33(18)23-7-9-24(36-5)10-8-23)15-21(17-29)27(34)30-22-6-11-26-25(16-22)32(28(35)37-26)13-12-31(3)4/h6-11,14-16H,12-13H2,1-5H3,(H,30,34)/b21-15-. The van der Waals surface area contributed by atoms with Crippen LogP contribution in [0, 0.1) is 25.2 Å². The Morgan fingerprint density at radius 3 is 2.54 bits per heavy atom. The maximum Gasteiger partial charge on any atom is 0.419 e. The van der Waals surface area contributed by atoms with Gasteiger partial charge in [-0.3, -0.25) is 9.36 Å². The summed E-state index contributed by atoms with van der Waals surface area (Å²) in [5.41, 5.74) is 5.02. The largest absolute Gasteiger partial charge is 0.497 e. The monoisotopic (exact) mass is 499 g/mol. The van der Waals surface area contributed by atoms with Crippen molar-refractivity contribution in [2.75, 3.05) is 33.1 Å². The molecule has 0 aliphatic carbocycles. The second-order valence-corrected chi connectivity index (χ2v) is 8.99. The molecule has 190 valence electrons. The van der Waals surface area contributed by atoms with E-state index in [1.807, 2.05) is 69.2 Å². The first kappa shape index (κ1) is 25.5. The molecule has 37 heavy (non-hydrogen) atoms. The summed E-state index contributed by atoms with van der Waals surface area (Å²) in [5.74, 6) is -0.231. The van der Waals surface area contributed by atoms with Crippen LogP contribution in [0.5, 0.6) is 5.75 Å². The highest BCUT2D eigenvalue weighted by atomic mass is 16.5. The average molecular weight is 500 g/mol. The van der Waals surface area contributed by atoms with Crippen LogP contribution in [0.4, 0.5) is 5.69 Å². The number of nitrogens with zero attached hydrogens (tertiary/aromatic N) is 4. The van der Waals surface area contributed by atoms with Crippen LogP contribution < -0.4 is 15.8 Å². The van der Waals surface area contributed by atoms with Crippen LogP contribution in [-0.2, 0) is 11.3 Å². The first-order chi connectivity index (χ1) is 17.7. The van der Waals surface area contributed by atoms with Gasteiger partial charge in [-0.25, -0.2) is 4.79 Å². The Balaban J connectivity index is 1.60. The summed E-state index contributed by atoms with van der Waals surface area (Å²) in [6, 6.07) is 16.6. The number of rotatable bonds is 8. The van der Waals surface area contributed by atoms with E-state index in [1.54, 1.807) is 31.4 Å². The molecule has 0 aliphatic rings. The molecule has 2 aromatic heterocycles. The number of aryl methyl sites for hydroxylation is 1. The summed E-state index contributed by atoms with van der Waals surface area (Å²) in [5, 5.41) is 12.5. The molecular weight excluding hydrogens is 470 g/mol. The third-order valence-corrected chi connectivity index (χ3v) is 6.16. The van der Waals surface area contributed by atoms with Gasteiger partial charge in [0.15, 0.2) is 5.58 Å². The number of benzene rings is 2. The van der Waals surface area contributed by atoms with Gasteiger partial charge >= 0.3 is 5.76 Å². The normalized spacial score (nSPS) is 11.6. The predicted octanol–water partition coefficient (Wildman–Crippen LogP) is 4.12. The fourth-order valence-corrected chi connectivity index (χ4v) is 4.22. The number of hydrogen-bond acceptors (Lipinski definition) is 6. The van der Waals surface area contributed by atoms with Crippen molar-refractivity contribution >= 4 is 28.8 Å². The highest BCUT2D eigenvalue weighted by molar-refractivity contribution is 6.10. The number of hydrogen-bond donors (Lipinski definition) is 1. The highest BCUT2D eigenvalue weighted by Crippen LogP contribution is 2.25. The van der Waals surface area contributed by atoms with Crippen molar-refractivity contribution in [3.63, 3.8) is 0 Å². The Labute approximate surface area is 214 Å². The number of oxazole rings is 1. The van der Waals surface area contributed by atoms with Crippen LogP contribution >= 0.6 is 0 Å². The molecule has 0 radical (unpaired) electrons. The van der Waals surface area contributed by atoms with Gasteiger partial charge in [-0.1, -0.05) is 0 Å². The van der Waals surface area contributed by atoms with Crippen molar-refractivity contribution in [3.05, 3.63) is 81.6 Å². The highest BCUT2D eigenvalue weighted by Gasteiger charge is 2.16. The van der Waals surface area contributed by atoms with E-state index < -0.39 is 11.7 Å². The minimum Gasteiger partial charge on any atom is -0.497 e. The molecule has 0 aliphatic heterocycles. The zero-order valence-corrected chi connectivity index (χ0v) is 21.5. The first-order valence-corrected chi connectivity index (χ1v) is 11.8. The van der Waals surface area contributed by atoms with Gasteiger partial charge in [-0.2, -0.15) is 5.26 Å². The fraction of sp³-hybridized carbons (Fsp3) is 0.250. The van der Waals surface area contributed by atoms with Crippen LogP contribution in [0.1, 0.15) is 17.0 Å². The van der Waals surface area contributed by atoms with Gasteiger partial charge in [0.1, 0.15) is 17.4 Å². The molecule has 0 atom stereocenters. The number of anilines is 1. The maximum atomic E-state index is 13.0. The van der Waals surface area contributed by atoms with Gasteiger partial charge in [0.25, 0.3) is 5.91 Å². The van der Waals surface area contributed by atoms with Gasteiger partial charge in [0, 0.05) is 35.9 Å². The number of nitrogens with one attached hydrogen (secondary N) is 1. The van der Waals surface area contributed by atoms with Crippen molar-refractivity contribution < 1.29 is 13.9 Å². The molecule has 0 saturated carbocycles. The third kappa shape index (κ3) is 5.34. The molecule has 1 N–H and O–H groups in total. The second kappa shape index (κ2) is 10.6. The lowest BCUT2D eigenvalue weighted by atomic mass is 10.1. The van der Waals surface area contributed by atoms with Gasteiger partial charge in [-0.15, -0.1) is 0 Å². The van der Waals surface area contributed by atoms with E-state index in [4.69, 9.17) is 9.15 Å². The molecule has 2 heterocycles. The summed E-state index contributed by atoms with van der Waals surface area (Å²) < 4.78 is 14.1. The summed E-state index contributed by atoms with van der Waals surface area (Å²) in [7, 11) is 5.46. The molecule has 0 spiro atoms. The molecule has 0 saturated heterocycles. The fourth-order valence-electron chi connectivity index (χ4n) is 4.22. The molecule has 9 heteroatoms. The van der Waals surface area contributed by atoms with Gasteiger partial charge < -0.3 is 23.9 Å². The number of fused-ring (bicyclic) bond motifs is 1. The molecule has 0 unspecified atom stereocenters. The number of carbonyl (C=O) groups excluding carboxylic acids is 1. The molecule has 1 amide bonds. The van der Waals surface area contributed by atoms with Crippen LogP contribution in [0.2, 0.25) is 0 Å². The predicted molar refractivity (Wildman–Crippen MR) is 143 cm³/mol. The first-order valence-electron chi connectivity index (χ1n) is 11.8. The summed E-state index contributed by atoms with van der Waals surface area (Å²) in [6.45, 7) is 5.01. The third-order valence-electron chi connectivity index (χ3n) is 6.16. The number of ether oxygens (including phenoxy) is 1. The zero-order chi connectivity index (χ0) is 26.7. The zero-order valence-electron chi connectivity index (χ0n) is 21.5. The van der Waals surface area contributed by atoms with Crippen molar-refractivity contribution in [2.45, 2.75) is 20.4 Å². The van der Waals surface area contributed by atoms with Gasteiger partial charge in [0.05, 0.1) is 12.6 Å². The van der Waals surface area contributed by atoms with Crippen molar-refractivity contribution in [3.8, 4) is 17.5 Å². The maximum absolute atomic E-state index is 13.0. The molecule has 4 rings (SSSR count). The Morgan fingerprint density at radius 2 is 1.89 bits per heavy atom. The van der Waals surface area contributed by atoms with E-state index >= 15 is 0 Å². The minimum atomic E-state index is -0.540. The minimum absolute atomic E-state index is 0.0349.